The minimum atomic E-state index is -3.78. The fourth-order valence-electron chi connectivity index (χ4n) is 1.78. The second kappa shape index (κ2) is 6.32. The van der Waals surface area contributed by atoms with Crippen LogP contribution in [0.25, 0.3) is 0 Å². The minimum absolute atomic E-state index is 0.0556. The van der Waals surface area contributed by atoms with Crippen molar-refractivity contribution in [3.05, 3.63) is 47.2 Å². The Labute approximate surface area is 129 Å². The van der Waals surface area contributed by atoms with Crippen molar-refractivity contribution < 1.29 is 13.2 Å². The Morgan fingerprint density at radius 1 is 1.33 bits per heavy atom. The second-order valence-corrected chi connectivity index (χ2v) is 6.32. The van der Waals surface area contributed by atoms with Gasteiger partial charge in [0.15, 0.2) is 0 Å². The van der Waals surface area contributed by atoms with Gasteiger partial charge in [-0.2, -0.15) is 0 Å². The number of sulfonamides is 1. The van der Waals surface area contributed by atoms with Crippen molar-refractivity contribution in [3.63, 3.8) is 0 Å². The lowest BCUT2D eigenvalue weighted by Crippen LogP contribution is -2.14. The van der Waals surface area contributed by atoms with Crippen LogP contribution in [0.4, 0.5) is 5.69 Å². The molecule has 1 aromatic heterocycles. The number of pyridine rings is 1. The summed E-state index contributed by atoms with van der Waals surface area (Å²) in [5.74, 6) is 0.692. The van der Waals surface area contributed by atoms with Crippen LogP contribution in [0, 0.1) is 6.92 Å². The highest BCUT2D eigenvalue weighted by Gasteiger charge is 2.19. The van der Waals surface area contributed by atoms with Crippen molar-refractivity contribution >= 4 is 27.3 Å². The second-order valence-electron chi connectivity index (χ2n) is 4.31. The normalized spacial score (nSPS) is 11.2. The number of ether oxygens (including phenoxy) is 1. The van der Waals surface area contributed by atoms with Crippen molar-refractivity contribution in [1.29, 1.82) is 0 Å². The number of nitrogens with zero attached hydrogens (tertiary/aromatic N) is 1. The fraction of sp³-hybridized carbons (Fsp3) is 0.214. The quantitative estimate of drug-likeness (QED) is 0.856. The maximum Gasteiger partial charge on any atom is 0.264 e. The number of hydrogen-bond donors (Lipinski definition) is 1. The SMILES string of the molecule is CCOc1ccc(NS(=O)(=O)c2cccnc2Cl)c(C)c1. The number of aryl methyl sites for hydroxylation is 1. The smallest absolute Gasteiger partial charge is 0.264 e. The predicted molar refractivity (Wildman–Crippen MR) is 82.4 cm³/mol. The zero-order chi connectivity index (χ0) is 15.5. The summed E-state index contributed by atoms with van der Waals surface area (Å²) in [6.45, 7) is 4.23. The molecule has 0 atom stereocenters. The highest BCUT2D eigenvalue weighted by molar-refractivity contribution is 7.92. The number of halogens is 1. The monoisotopic (exact) mass is 326 g/mol. The van der Waals surface area contributed by atoms with Gasteiger partial charge in [0.05, 0.1) is 12.3 Å². The van der Waals surface area contributed by atoms with Gasteiger partial charge >= 0.3 is 0 Å². The molecule has 0 aliphatic heterocycles. The summed E-state index contributed by atoms with van der Waals surface area (Å²) >= 11 is 5.83. The lowest BCUT2D eigenvalue weighted by molar-refractivity contribution is 0.340. The fourth-order valence-corrected chi connectivity index (χ4v) is 3.36. The Hall–Kier alpha value is -1.79. The van der Waals surface area contributed by atoms with E-state index in [0.717, 1.165) is 5.56 Å². The molecule has 0 saturated heterocycles. The van der Waals surface area contributed by atoms with E-state index in [-0.39, 0.29) is 10.0 Å². The van der Waals surface area contributed by atoms with E-state index in [4.69, 9.17) is 16.3 Å². The Bertz CT molecular complexity index is 748. The molecule has 1 N–H and O–H groups in total. The van der Waals surface area contributed by atoms with Crippen LogP contribution in [0.15, 0.2) is 41.4 Å². The average Bonchev–Trinajstić information content (AvgIpc) is 2.42. The van der Waals surface area contributed by atoms with Gasteiger partial charge in [-0.15, -0.1) is 0 Å². The molecule has 0 fully saturated rings. The summed E-state index contributed by atoms with van der Waals surface area (Å²) in [6.07, 6.45) is 1.43. The minimum Gasteiger partial charge on any atom is -0.494 e. The Morgan fingerprint density at radius 2 is 2.10 bits per heavy atom. The lowest BCUT2D eigenvalue weighted by atomic mass is 10.2. The van der Waals surface area contributed by atoms with Crippen molar-refractivity contribution in [2.75, 3.05) is 11.3 Å². The molecule has 0 aliphatic carbocycles. The molecule has 21 heavy (non-hydrogen) atoms. The summed E-state index contributed by atoms with van der Waals surface area (Å²) < 4.78 is 32.5. The van der Waals surface area contributed by atoms with Crippen LogP contribution >= 0.6 is 11.6 Å². The number of aromatic nitrogens is 1. The van der Waals surface area contributed by atoms with Crippen LogP contribution in [-0.2, 0) is 10.0 Å². The van der Waals surface area contributed by atoms with E-state index >= 15 is 0 Å². The Kier molecular flexibility index (Phi) is 4.69. The number of hydrogen-bond acceptors (Lipinski definition) is 4. The van der Waals surface area contributed by atoms with E-state index in [9.17, 15) is 8.42 Å². The summed E-state index contributed by atoms with van der Waals surface area (Å²) in [5, 5.41) is -0.0615. The van der Waals surface area contributed by atoms with Crippen LogP contribution in [0.1, 0.15) is 12.5 Å². The summed E-state index contributed by atoms with van der Waals surface area (Å²) in [7, 11) is -3.78. The van der Waals surface area contributed by atoms with Crippen LogP contribution in [0.3, 0.4) is 0 Å². The van der Waals surface area contributed by atoms with Crippen LogP contribution in [-0.4, -0.2) is 20.0 Å². The van der Waals surface area contributed by atoms with E-state index in [0.29, 0.717) is 18.0 Å². The lowest BCUT2D eigenvalue weighted by Gasteiger charge is -2.12. The molecule has 5 nitrogen and oxygen atoms in total. The van der Waals surface area contributed by atoms with Crippen LogP contribution in [0.2, 0.25) is 5.15 Å². The number of anilines is 1. The zero-order valence-electron chi connectivity index (χ0n) is 11.6. The third-order valence-electron chi connectivity index (χ3n) is 2.77. The first-order valence-electron chi connectivity index (χ1n) is 6.31. The molecule has 0 radical (unpaired) electrons. The topological polar surface area (TPSA) is 68.3 Å². The highest BCUT2D eigenvalue weighted by atomic mass is 35.5. The van der Waals surface area contributed by atoms with Crippen LogP contribution < -0.4 is 9.46 Å². The molecule has 2 rings (SSSR count). The molecule has 0 amide bonds. The standard InChI is InChI=1S/C14H15ClN2O3S/c1-3-20-11-6-7-12(10(2)9-11)17-21(18,19)13-5-4-8-16-14(13)15/h4-9,17H,3H2,1-2H3. The van der Waals surface area contributed by atoms with Crippen molar-refractivity contribution in [2.24, 2.45) is 0 Å². The average molecular weight is 327 g/mol. The van der Waals surface area contributed by atoms with E-state index in [1.54, 1.807) is 25.1 Å². The molecule has 7 heteroatoms. The van der Waals surface area contributed by atoms with Gasteiger partial charge in [-0.05, 0) is 49.7 Å². The van der Waals surface area contributed by atoms with Gasteiger partial charge in [-0.3, -0.25) is 4.72 Å². The number of benzene rings is 1. The Balaban J connectivity index is 2.31. The third-order valence-corrected chi connectivity index (χ3v) is 4.58. The summed E-state index contributed by atoms with van der Waals surface area (Å²) in [6, 6.07) is 8.06. The maximum absolute atomic E-state index is 12.3. The largest absolute Gasteiger partial charge is 0.494 e. The van der Waals surface area contributed by atoms with Gasteiger partial charge in [0, 0.05) is 6.20 Å². The predicted octanol–water partition coefficient (Wildman–Crippen LogP) is 3.24. The third kappa shape index (κ3) is 3.65. The molecule has 1 heterocycles. The highest BCUT2D eigenvalue weighted by Crippen LogP contribution is 2.26. The van der Waals surface area contributed by atoms with E-state index in [1.807, 2.05) is 6.92 Å². The van der Waals surface area contributed by atoms with E-state index in [2.05, 4.69) is 9.71 Å². The molecule has 0 unspecified atom stereocenters. The first-order chi connectivity index (χ1) is 9.94. The molecule has 112 valence electrons. The molecule has 0 bridgehead atoms. The van der Waals surface area contributed by atoms with E-state index < -0.39 is 10.0 Å². The number of rotatable bonds is 5. The zero-order valence-corrected chi connectivity index (χ0v) is 13.2. The maximum atomic E-state index is 12.3. The molecule has 0 aliphatic rings. The van der Waals surface area contributed by atoms with Gasteiger partial charge in [-0.25, -0.2) is 13.4 Å². The summed E-state index contributed by atoms with van der Waals surface area (Å²) in [5.41, 5.74) is 1.22. The first kappa shape index (κ1) is 15.6. The van der Waals surface area contributed by atoms with Gasteiger partial charge in [0.25, 0.3) is 10.0 Å². The number of nitrogens with one attached hydrogen (secondary N) is 1. The molecule has 0 spiro atoms. The molecular formula is C14H15ClN2O3S. The molecule has 0 saturated carbocycles. The van der Waals surface area contributed by atoms with E-state index in [1.165, 1.54) is 18.3 Å². The molecule has 1 aromatic carbocycles. The van der Waals surface area contributed by atoms with Gasteiger partial charge in [-0.1, -0.05) is 11.6 Å². The van der Waals surface area contributed by atoms with Gasteiger partial charge < -0.3 is 4.74 Å². The van der Waals surface area contributed by atoms with Gasteiger partial charge in [0.2, 0.25) is 0 Å². The van der Waals surface area contributed by atoms with Crippen molar-refractivity contribution in [2.45, 2.75) is 18.7 Å². The van der Waals surface area contributed by atoms with Crippen LogP contribution in [0.5, 0.6) is 5.75 Å². The Morgan fingerprint density at radius 3 is 2.71 bits per heavy atom. The van der Waals surface area contributed by atoms with Crippen molar-refractivity contribution in [1.82, 2.24) is 4.98 Å². The van der Waals surface area contributed by atoms with Crippen molar-refractivity contribution in [3.8, 4) is 5.75 Å². The molecule has 2 aromatic rings. The molecular weight excluding hydrogens is 312 g/mol. The van der Waals surface area contributed by atoms with Gasteiger partial charge in [0.1, 0.15) is 15.8 Å². The summed E-state index contributed by atoms with van der Waals surface area (Å²) in [4.78, 5) is 3.72. The first-order valence-corrected chi connectivity index (χ1v) is 8.17.